The number of hydrogen-bond donors (Lipinski definition) is 1. The fourth-order valence-corrected chi connectivity index (χ4v) is 1.94. The van der Waals surface area contributed by atoms with Gasteiger partial charge in [-0.3, -0.25) is 4.79 Å². The quantitative estimate of drug-likeness (QED) is 0.864. The van der Waals surface area contributed by atoms with Gasteiger partial charge in [-0.15, -0.1) is 0 Å². The van der Waals surface area contributed by atoms with E-state index in [1.54, 1.807) is 0 Å². The van der Waals surface area contributed by atoms with Crippen LogP contribution in [0.3, 0.4) is 0 Å². The van der Waals surface area contributed by atoms with E-state index in [-0.39, 0.29) is 11.6 Å². The summed E-state index contributed by atoms with van der Waals surface area (Å²) in [6.07, 6.45) is 0. The SMILES string of the molecule is CC(NC(=O)COC(=O)c1cccc(F)c1)c1ccccc1. The van der Waals surface area contributed by atoms with E-state index in [2.05, 4.69) is 5.32 Å². The Morgan fingerprint density at radius 3 is 2.55 bits per heavy atom. The zero-order chi connectivity index (χ0) is 15.9. The minimum Gasteiger partial charge on any atom is -0.452 e. The number of carbonyl (C=O) groups is 2. The van der Waals surface area contributed by atoms with Crippen LogP contribution in [0.4, 0.5) is 4.39 Å². The first-order chi connectivity index (χ1) is 10.6. The summed E-state index contributed by atoms with van der Waals surface area (Å²) in [6.45, 7) is 1.42. The molecule has 114 valence electrons. The summed E-state index contributed by atoms with van der Waals surface area (Å²) in [6, 6.07) is 14.4. The molecule has 2 rings (SSSR count). The second-order valence-corrected chi connectivity index (χ2v) is 4.79. The van der Waals surface area contributed by atoms with Gasteiger partial charge in [-0.2, -0.15) is 0 Å². The van der Waals surface area contributed by atoms with Gasteiger partial charge in [0.2, 0.25) is 0 Å². The summed E-state index contributed by atoms with van der Waals surface area (Å²) >= 11 is 0. The van der Waals surface area contributed by atoms with Crippen molar-refractivity contribution in [3.05, 3.63) is 71.5 Å². The number of hydrogen-bond acceptors (Lipinski definition) is 3. The molecule has 4 nitrogen and oxygen atoms in total. The van der Waals surface area contributed by atoms with Crippen molar-refractivity contribution in [1.29, 1.82) is 0 Å². The normalized spacial score (nSPS) is 11.5. The van der Waals surface area contributed by atoms with Gasteiger partial charge in [0.05, 0.1) is 11.6 Å². The molecule has 1 N–H and O–H groups in total. The van der Waals surface area contributed by atoms with Gasteiger partial charge < -0.3 is 10.1 Å². The third-order valence-corrected chi connectivity index (χ3v) is 3.07. The summed E-state index contributed by atoms with van der Waals surface area (Å²) in [5.41, 5.74) is 1.02. The number of carbonyl (C=O) groups excluding carboxylic acids is 2. The summed E-state index contributed by atoms with van der Waals surface area (Å²) in [4.78, 5) is 23.5. The zero-order valence-corrected chi connectivity index (χ0v) is 12.1. The lowest BCUT2D eigenvalue weighted by atomic mass is 10.1. The molecule has 5 heteroatoms. The van der Waals surface area contributed by atoms with Crippen molar-refractivity contribution in [2.45, 2.75) is 13.0 Å². The second-order valence-electron chi connectivity index (χ2n) is 4.79. The van der Waals surface area contributed by atoms with Crippen molar-refractivity contribution in [3.63, 3.8) is 0 Å². The Kier molecular flexibility index (Phi) is 5.25. The molecular weight excluding hydrogens is 285 g/mol. The van der Waals surface area contributed by atoms with Crippen LogP contribution in [-0.4, -0.2) is 18.5 Å². The maximum atomic E-state index is 13.0. The molecule has 0 heterocycles. The highest BCUT2D eigenvalue weighted by atomic mass is 19.1. The van der Waals surface area contributed by atoms with Crippen LogP contribution < -0.4 is 5.32 Å². The molecule has 22 heavy (non-hydrogen) atoms. The summed E-state index contributed by atoms with van der Waals surface area (Å²) in [5, 5.41) is 2.72. The van der Waals surface area contributed by atoms with E-state index < -0.39 is 24.3 Å². The van der Waals surface area contributed by atoms with Crippen molar-refractivity contribution >= 4 is 11.9 Å². The Morgan fingerprint density at radius 2 is 1.86 bits per heavy atom. The Labute approximate surface area is 127 Å². The van der Waals surface area contributed by atoms with Crippen LogP contribution in [0.5, 0.6) is 0 Å². The number of nitrogens with one attached hydrogen (secondary N) is 1. The number of esters is 1. The maximum Gasteiger partial charge on any atom is 0.338 e. The Balaban J connectivity index is 1.84. The predicted octanol–water partition coefficient (Wildman–Crippen LogP) is 2.86. The molecule has 0 spiro atoms. The predicted molar refractivity (Wildman–Crippen MR) is 79.7 cm³/mol. The largest absolute Gasteiger partial charge is 0.452 e. The molecule has 1 unspecified atom stereocenters. The number of halogens is 1. The average molecular weight is 301 g/mol. The van der Waals surface area contributed by atoms with Crippen LogP contribution in [0.1, 0.15) is 28.9 Å². The van der Waals surface area contributed by atoms with Crippen molar-refractivity contribution in [2.24, 2.45) is 0 Å². The molecule has 0 aliphatic heterocycles. The average Bonchev–Trinajstić information content (AvgIpc) is 2.53. The topological polar surface area (TPSA) is 55.4 Å². The molecule has 1 atom stereocenters. The lowest BCUT2D eigenvalue weighted by Gasteiger charge is -2.14. The molecule has 0 saturated carbocycles. The fraction of sp³-hybridized carbons (Fsp3) is 0.176. The van der Waals surface area contributed by atoms with E-state index in [0.717, 1.165) is 11.6 Å². The first-order valence-corrected chi connectivity index (χ1v) is 6.83. The molecule has 0 saturated heterocycles. The van der Waals surface area contributed by atoms with Crippen LogP contribution in [0.2, 0.25) is 0 Å². The first kappa shape index (κ1) is 15.7. The standard InChI is InChI=1S/C17H16FNO3/c1-12(13-6-3-2-4-7-13)19-16(20)11-22-17(21)14-8-5-9-15(18)10-14/h2-10,12H,11H2,1H3,(H,19,20). The second kappa shape index (κ2) is 7.36. The van der Waals surface area contributed by atoms with E-state index in [1.807, 2.05) is 37.3 Å². The van der Waals surface area contributed by atoms with Crippen LogP contribution >= 0.6 is 0 Å². The van der Waals surface area contributed by atoms with E-state index in [0.29, 0.717) is 0 Å². The molecule has 0 bridgehead atoms. The van der Waals surface area contributed by atoms with Gasteiger partial charge in [0, 0.05) is 0 Å². The Hall–Kier alpha value is -2.69. The minimum absolute atomic E-state index is 0.0731. The molecule has 0 aliphatic rings. The highest BCUT2D eigenvalue weighted by Crippen LogP contribution is 2.11. The number of ether oxygens (including phenoxy) is 1. The highest BCUT2D eigenvalue weighted by Gasteiger charge is 2.13. The van der Waals surface area contributed by atoms with Gasteiger partial charge in [0.15, 0.2) is 6.61 Å². The maximum absolute atomic E-state index is 13.0. The number of rotatable bonds is 5. The van der Waals surface area contributed by atoms with Gasteiger partial charge >= 0.3 is 5.97 Å². The third kappa shape index (κ3) is 4.41. The van der Waals surface area contributed by atoms with Crippen molar-refractivity contribution in [2.75, 3.05) is 6.61 Å². The van der Waals surface area contributed by atoms with Crippen LogP contribution in [-0.2, 0) is 9.53 Å². The molecule has 2 aromatic carbocycles. The van der Waals surface area contributed by atoms with E-state index in [9.17, 15) is 14.0 Å². The molecule has 1 amide bonds. The summed E-state index contributed by atoms with van der Waals surface area (Å²) < 4.78 is 17.9. The molecule has 0 fully saturated rings. The fourth-order valence-electron chi connectivity index (χ4n) is 1.94. The summed E-state index contributed by atoms with van der Waals surface area (Å²) in [7, 11) is 0. The van der Waals surface area contributed by atoms with Crippen LogP contribution in [0.15, 0.2) is 54.6 Å². The molecule has 0 aromatic heterocycles. The lowest BCUT2D eigenvalue weighted by molar-refractivity contribution is -0.124. The zero-order valence-electron chi connectivity index (χ0n) is 12.1. The van der Waals surface area contributed by atoms with Gasteiger partial charge in [-0.1, -0.05) is 36.4 Å². The lowest BCUT2D eigenvalue weighted by Crippen LogP contribution is -2.31. The summed E-state index contributed by atoms with van der Waals surface area (Å²) in [5.74, 6) is -1.68. The minimum atomic E-state index is -0.734. The van der Waals surface area contributed by atoms with E-state index >= 15 is 0 Å². The Bertz CT molecular complexity index is 658. The van der Waals surface area contributed by atoms with Crippen molar-refractivity contribution in [3.8, 4) is 0 Å². The highest BCUT2D eigenvalue weighted by molar-refractivity contribution is 5.91. The third-order valence-electron chi connectivity index (χ3n) is 3.07. The number of amides is 1. The molecular formula is C17H16FNO3. The van der Waals surface area contributed by atoms with Crippen molar-refractivity contribution < 1.29 is 18.7 Å². The molecule has 2 aromatic rings. The van der Waals surface area contributed by atoms with Gasteiger partial charge in [-0.25, -0.2) is 9.18 Å². The van der Waals surface area contributed by atoms with Crippen molar-refractivity contribution in [1.82, 2.24) is 5.32 Å². The van der Waals surface area contributed by atoms with Gasteiger partial charge in [0.1, 0.15) is 5.82 Å². The monoisotopic (exact) mass is 301 g/mol. The van der Waals surface area contributed by atoms with E-state index in [4.69, 9.17) is 4.74 Å². The Morgan fingerprint density at radius 1 is 1.14 bits per heavy atom. The van der Waals surface area contributed by atoms with Crippen LogP contribution in [0.25, 0.3) is 0 Å². The smallest absolute Gasteiger partial charge is 0.338 e. The molecule has 0 aliphatic carbocycles. The van der Waals surface area contributed by atoms with Gasteiger partial charge in [0.25, 0.3) is 5.91 Å². The molecule has 0 radical (unpaired) electrons. The number of benzene rings is 2. The van der Waals surface area contributed by atoms with E-state index in [1.165, 1.54) is 18.2 Å². The van der Waals surface area contributed by atoms with Gasteiger partial charge in [-0.05, 0) is 30.7 Å². The first-order valence-electron chi connectivity index (χ1n) is 6.83. The van der Waals surface area contributed by atoms with Crippen LogP contribution in [0, 0.1) is 5.82 Å².